The Morgan fingerprint density at radius 3 is 3.45 bits per heavy atom. The van der Waals surface area contributed by atoms with Gasteiger partial charge in [-0.2, -0.15) is 0 Å². The first-order valence-electron chi connectivity index (χ1n) is 3.64. The van der Waals surface area contributed by atoms with Gasteiger partial charge < -0.3 is 5.32 Å². The Morgan fingerprint density at radius 1 is 1.45 bits per heavy atom. The molecule has 11 heavy (non-hydrogen) atoms. The van der Waals surface area contributed by atoms with Crippen LogP contribution >= 0.6 is 0 Å². The van der Waals surface area contributed by atoms with Crippen molar-refractivity contribution in [1.29, 1.82) is 0 Å². The van der Waals surface area contributed by atoms with Gasteiger partial charge in [-0.1, -0.05) is 0 Å². The van der Waals surface area contributed by atoms with Crippen LogP contribution in [0.15, 0.2) is 23.5 Å². The summed E-state index contributed by atoms with van der Waals surface area (Å²) in [5.41, 5.74) is 2.20. The van der Waals surface area contributed by atoms with Crippen LogP contribution in [-0.4, -0.2) is 24.3 Å². The molecule has 1 aliphatic heterocycles. The van der Waals surface area contributed by atoms with Crippen molar-refractivity contribution >= 4 is 11.9 Å². The molecule has 0 fully saturated rings. The molecule has 0 aromatic carbocycles. The number of fused-ring (bicyclic) bond motifs is 1. The quantitative estimate of drug-likeness (QED) is 0.592. The summed E-state index contributed by atoms with van der Waals surface area (Å²) >= 11 is 0. The van der Waals surface area contributed by atoms with Gasteiger partial charge >= 0.3 is 0 Å². The first-order chi connectivity index (χ1) is 5.47. The Morgan fingerprint density at radius 2 is 2.45 bits per heavy atom. The van der Waals surface area contributed by atoms with Gasteiger partial charge in [0.25, 0.3) is 0 Å². The maximum atomic E-state index is 4.18. The third kappa shape index (κ3) is 1.22. The maximum absolute atomic E-state index is 4.18. The average Bonchev–Trinajstić information content (AvgIpc) is 2.28. The van der Waals surface area contributed by atoms with Crippen LogP contribution in [0.25, 0.3) is 0 Å². The summed E-state index contributed by atoms with van der Waals surface area (Å²) < 4.78 is 0. The van der Waals surface area contributed by atoms with Crippen LogP contribution in [0.5, 0.6) is 0 Å². The van der Waals surface area contributed by atoms with E-state index in [2.05, 4.69) is 15.3 Å². The predicted octanol–water partition coefficient (Wildman–Crippen LogP) is 0.926. The molecule has 1 aromatic heterocycles. The Balaban J connectivity index is 2.45. The van der Waals surface area contributed by atoms with Crippen molar-refractivity contribution in [3.05, 3.63) is 24.0 Å². The fourth-order valence-corrected chi connectivity index (χ4v) is 1.09. The van der Waals surface area contributed by atoms with Gasteiger partial charge in [0, 0.05) is 36.4 Å². The molecule has 0 aliphatic carbocycles. The van der Waals surface area contributed by atoms with Crippen molar-refractivity contribution in [3.63, 3.8) is 0 Å². The van der Waals surface area contributed by atoms with Crippen LogP contribution < -0.4 is 5.32 Å². The van der Waals surface area contributed by atoms with Crippen molar-refractivity contribution in [2.75, 3.05) is 18.4 Å². The van der Waals surface area contributed by atoms with E-state index in [-0.39, 0.29) is 0 Å². The number of hydrogen-bond acceptors (Lipinski definition) is 3. The normalized spacial score (nSPS) is 14.9. The van der Waals surface area contributed by atoms with Gasteiger partial charge in [0.05, 0.1) is 6.54 Å². The fraction of sp³-hybridized carbons (Fsp3) is 0.250. The Bertz CT molecular complexity index is 280. The van der Waals surface area contributed by atoms with Crippen LogP contribution in [0.1, 0.15) is 5.56 Å². The van der Waals surface area contributed by atoms with E-state index >= 15 is 0 Å². The molecule has 0 spiro atoms. The first-order valence-corrected chi connectivity index (χ1v) is 3.64. The summed E-state index contributed by atoms with van der Waals surface area (Å²) in [6.45, 7) is 1.75. The summed E-state index contributed by atoms with van der Waals surface area (Å²) in [5, 5.41) is 3.26. The minimum absolute atomic E-state index is 0.842. The smallest absolute Gasteiger partial charge is 0.0562 e. The van der Waals surface area contributed by atoms with Crippen molar-refractivity contribution in [1.82, 2.24) is 4.98 Å². The summed E-state index contributed by atoms with van der Waals surface area (Å²) in [4.78, 5) is 8.19. The van der Waals surface area contributed by atoms with E-state index in [1.165, 1.54) is 0 Å². The van der Waals surface area contributed by atoms with Crippen LogP contribution in [0.3, 0.4) is 0 Å². The molecule has 3 heteroatoms. The largest absolute Gasteiger partial charge is 0.383 e. The fourth-order valence-electron chi connectivity index (χ4n) is 1.09. The van der Waals surface area contributed by atoms with Gasteiger partial charge in [-0.15, -0.1) is 0 Å². The SMILES string of the molecule is C1=NCCNc2ccncc21. The molecule has 3 nitrogen and oxygen atoms in total. The summed E-state index contributed by atoms with van der Waals surface area (Å²) in [6.07, 6.45) is 5.46. The van der Waals surface area contributed by atoms with Gasteiger partial charge in [-0.05, 0) is 6.07 Å². The standard InChI is InChI=1S/C8H9N3/c1-2-9-5-7-6-10-3-4-11-8(1)7/h1-2,5-6,11H,3-4H2. The maximum Gasteiger partial charge on any atom is 0.0562 e. The molecule has 0 atom stereocenters. The van der Waals surface area contributed by atoms with Crippen LogP contribution in [0, 0.1) is 0 Å². The van der Waals surface area contributed by atoms with E-state index < -0.39 is 0 Å². The molecular formula is C8H9N3. The molecule has 1 aromatic rings. The lowest BCUT2D eigenvalue weighted by Crippen LogP contribution is -2.03. The summed E-state index contributed by atoms with van der Waals surface area (Å²) in [6, 6.07) is 1.96. The highest BCUT2D eigenvalue weighted by atomic mass is 14.9. The summed E-state index contributed by atoms with van der Waals surface area (Å²) in [5.74, 6) is 0. The zero-order valence-electron chi connectivity index (χ0n) is 6.12. The summed E-state index contributed by atoms with van der Waals surface area (Å²) in [7, 11) is 0. The molecule has 2 heterocycles. The van der Waals surface area contributed by atoms with E-state index in [0.717, 1.165) is 24.3 Å². The molecule has 56 valence electrons. The molecule has 1 aliphatic rings. The van der Waals surface area contributed by atoms with E-state index in [1.807, 2.05) is 18.5 Å². The van der Waals surface area contributed by atoms with Crippen molar-refractivity contribution in [2.24, 2.45) is 4.99 Å². The number of hydrogen-bond donors (Lipinski definition) is 1. The van der Waals surface area contributed by atoms with Gasteiger partial charge in [-0.25, -0.2) is 0 Å². The molecule has 0 bridgehead atoms. The Kier molecular flexibility index (Phi) is 1.55. The molecule has 2 rings (SSSR count). The zero-order chi connectivity index (χ0) is 7.52. The molecule has 0 amide bonds. The minimum Gasteiger partial charge on any atom is -0.383 e. The van der Waals surface area contributed by atoms with E-state index in [1.54, 1.807) is 6.20 Å². The highest BCUT2D eigenvalue weighted by Crippen LogP contribution is 2.11. The van der Waals surface area contributed by atoms with Crippen molar-refractivity contribution in [2.45, 2.75) is 0 Å². The van der Waals surface area contributed by atoms with Gasteiger partial charge in [-0.3, -0.25) is 9.98 Å². The number of nitrogens with zero attached hydrogens (tertiary/aromatic N) is 2. The zero-order valence-corrected chi connectivity index (χ0v) is 6.12. The molecule has 1 N–H and O–H groups in total. The molecule has 0 saturated carbocycles. The topological polar surface area (TPSA) is 37.3 Å². The number of anilines is 1. The average molecular weight is 147 g/mol. The number of nitrogens with one attached hydrogen (secondary N) is 1. The molecule has 0 saturated heterocycles. The second-order valence-corrected chi connectivity index (χ2v) is 2.42. The highest BCUT2D eigenvalue weighted by molar-refractivity contribution is 5.87. The van der Waals surface area contributed by atoms with Gasteiger partial charge in [0.1, 0.15) is 0 Å². The predicted molar refractivity (Wildman–Crippen MR) is 45.2 cm³/mol. The molecule has 0 unspecified atom stereocenters. The van der Waals surface area contributed by atoms with Crippen molar-refractivity contribution in [3.8, 4) is 0 Å². The highest BCUT2D eigenvalue weighted by Gasteiger charge is 2.00. The van der Waals surface area contributed by atoms with Gasteiger partial charge in [0.2, 0.25) is 0 Å². The van der Waals surface area contributed by atoms with E-state index in [9.17, 15) is 0 Å². The minimum atomic E-state index is 0.842. The number of rotatable bonds is 0. The van der Waals surface area contributed by atoms with Crippen molar-refractivity contribution < 1.29 is 0 Å². The molecular weight excluding hydrogens is 138 g/mol. The van der Waals surface area contributed by atoms with Crippen LogP contribution in [0.4, 0.5) is 5.69 Å². The Hall–Kier alpha value is -1.38. The second-order valence-electron chi connectivity index (χ2n) is 2.42. The second kappa shape index (κ2) is 2.70. The lowest BCUT2D eigenvalue weighted by atomic mass is 10.2. The van der Waals surface area contributed by atoms with E-state index in [4.69, 9.17) is 0 Å². The monoisotopic (exact) mass is 147 g/mol. The number of pyridine rings is 1. The third-order valence-corrected chi connectivity index (χ3v) is 1.64. The number of aliphatic imine (C=N–C) groups is 1. The lowest BCUT2D eigenvalue weighted by Gasteiger charge is -2.02. The van der Waals surface area contributed by atoms with Crippen LogP contribution in [0.2, 0.25) is 0 Å². The number of aromatic nitrogens is 1. The van der Waals surface area contributed by atoms with Crippen LogP contribution in [-0.2, 0) is 0 Å². The molecule has 0 radical (unpaired) electrons. The first kappa shape index (κ1) is 6.34. The Labute approximate surface area is 65.2 Å². The third-order valence-electron chi connectivity index (χ3n) is 1.64. The van der Waals surface area contributed by atoms with Gasteiger partial charge in [0.15, 0.2) is 0 Å². The lowest BCUT2D eigenvalue weighted by molar-refractivity contribution is 1.04. The van der Waals surface area contributed by atoms with E-state index in [0.29, 0.717) is 0 Å².